The zero-order valence-electron chi connectivity index (χ0n) is 9.65. The number of rotatable bonds is 3. The van der Waals surface area contributed by atoms with Gasteiger partial charge in [-0.15, -0.1) is 0 Å². The van der Waals surface area contributed by atoms with Gasteiger partial charge in [0.15, 0.2) is 0 Å². The lowest BCUT2D eigenvalue weighted by atomic mass is 10.1. The number of halogens is 2. The van der Waals surface area contributed by atoms with Gasteiger partial charge in [-0.1, -0.05) is 22.0 Å². The summed E-state index contributed by atoms with van der Waals surface area (Å²) in [6.07, 6.45) is 0. The molecule has 0 aromatic heterocycles. The number of carboxylic acids is 1. The summed E-state index contributed by atoms with van der Waals surface area (Å²) >= 11 is 3.16. The summed E-state index contributed by atoms with van der Waals surface area (Å²) in [4.78, 5) is 10.9. The molecule has 0 amide bonds. The molecule has 0 spiro atoms. The molecular formula is C13H10BrFN2O2. The van der Waals surface area contributed by atoms with Crippen LogP contribution in [0.4, 0.5) is 21.5 Å². The summed E-state index contributed by atoms with van der Waals surface area (Å²) in [5.74, 6) is -1.59. The lowest BCUT2D eigenvalue weighted by Crippen LogP contribution is -2.05. The van der Waals surface area contributed by atoms with Crippen LogP contribution in [0.3, 0.4) is 0 Å². The Labute approximate surface area is 117 Å². The van der Waals surface area contributed by atoms with Crippen molar-refractivity contribution in [1.29, 1.82) is 0 Å². The summed E-state index contributed by atoms with van der Waals surface area (Å²) in [7, 11) is 0. The minimum Gasteiger partial charge on any atom is -0.478 e. The van der Waals surface area contributed by atoms with Crippen LogP contribution in [-0.4, -0.2) is 11.1 Å². The summed E-state index contributed by atoms with van der Waals surface area (Å²) in [6, 6.07) is 9.03. The number of carboxylic acid groups (broad SMARTS) is 1. The molecule has 0 bridgehead atoms. The quantitative estimate of drug-likeness (QED) is 0.754. The second kappa shape index (κ2) is 5.27. The molecule has 6 heteroatoms. The number of hydrogen-bond donors (Lipinski definition) is 3. The Morgan fingerprint density at radius 1 is 1.26 bits per heavy atom. The van der Waals surface area contributed by atoms with Gasteiger partial charge >= 0.3 is 5.97 Å². The van der Waals surface area contributed by atoms with E-state index in [0.717, 1.165) is 0 Å². The van der Waals surface area contributed by atoms with E-state index in [-0.39, 0.29) is 16.9 Å². The third-order valence-corrected chi connectivity index (χ3v) is 3.03. The SMILES string of the molecule is Nc1c(Nc2ccc(Br)cc2F)cccc1C(=O)O. The third-order valence-electron chi connectivity index (χ3n) is 2.54. The maximum atomic E-state index is 13.7. The molecule has 2 aromatic rings. The maximum absolute atomic E-state index is 13.7. The predicted molar refractivity (Wildman–Crippen MR) is 75.2 cm³/mol. The van der Waals surface area contributed by atoms with Gasteiger partial charge in [0.1, 0.15) is 5.82 Å². The van der Waals surface area contributed by atoms with Crippen molar-refractivity contribution < 1.29 is 14.3 Å². The predicted octanol–water partition coefficient (Wildman–Crippen LogP) is 3.61. The summed E-state index contributed by atoms with van der Waals surface area (Å²) < 4.78 is 14.3. The first-order chi connectivity index (χ1) is 8.99. The minimum absolute atomic E-state index is 0.0254. The molecule has 0 atom stereocenters. The molecule has 0 saturated carbocycles. The van der Waals surface area contributed by atoms with Crippen LogP contribution >= 0.6 is 15.9 Å². The smallest absolute Gasteiger partial charge is 0.337 e. The van der Waals surface area contributed by atoms with Gasteiger partial charge in [-0.3, -0.25) is 0 Å². The van der Waals surface area contributed by atoms with Crippen LogP contribution in [0.1, 0.15) is 10.4 Å². The molecule has 0 heterocycles. The van der Waals surface area contributed by atoms with Crippen molar-refractivity contribution in [2.75, 3.05) is 11.1 Å². The Morgan fingerprint density at radius 2 is 2.00 bits per heavy atom. The fraction of sp³-hybridized carbons (Fsp3) is 0. The van der Waals surface area contributed by atoms with Gasteiger partial charge < -0.3 is 16.2 Å². The average molecular weight is 325 g/mol. The molecule has 0 radical (unpaired) electrons. The van der Waals surface area contributed by atoms with E-state index in [1.54, 1.807) is 18.2 Å². The Kier molecular flexibility index (Phi) is 3.71. The van der Waals surface area contributed by atoms with Crippen molar-refractivity contribution in [2.45, 2.75) is 0 Å². The molecule has 0 aliphatic heterocycles. The first kappa shape index (κ1) is 13.4. The van der Waals surface area contributed by atoms with E-state index in [9.17, 15) is 9.18 Å². The number of benzene rings is 2. The van der Waals surface area contributed by atoms with Gasteiger partial charge in [0.2, 0.25) is 0 Å². The highest BCUT2D eigenvalue weighted by Gasteiger charge is 2.12. The van der Waals surface area contributed by atoms with E-state index >= 15 is 0 Å². The zero-order chi connectivity index (χ0) is 14.0. The lowest BCUT2D eigenvalue weighted by molar-refractivity contribution is 0.0698. The molecule has 2 rings (SSSR count). The van der Waals surface area contributed by atoms with Crippen molar-refractivity contribution in [3.8, 4) is 0 Å². The number of para-hydroxylation sites is 1. The fourth-order valence-corrected chi connectivity index (χ4v) is 1.93. The van der Waals surface area contributed by atoms with Gasteiger partial charge in [0.05, 0.1) is 22.6 Å². The van der Waals surface area contributed by atoms with Crippen LogP contribution in [0.25, 0.3) is 0 Å². The highest BCUT2D eigenvalue weighted by atomic mass is 79.9. The Morgan fingerprint density at radius 3 is 2.63 bits per heavy atom. The molecular weight excluding hydrogens is 315 g/mol. The largest absolute Gasteiger partial charge is 0.478 e. The summed E-state index contributed by atoms with van der Waals surface area (Å²) in [5.41, 5.74) is 6.35. The van der Waals surface area contributed by atoms with Crippen molar-refractivity contribution in [2.24, 2.45) is 0 Å². The topological polar surface area (TPSA) is 75.3 Å². The standard InChI is InChI=1S/C13H10BrFN2O2/c14-7-4-5-10(9(15)6-7)17-11-3-1-2-8(12(11)16)13(18)19/h1-6,17H,16H2,(H,18,19). The molecule has 98 valence electrons. The highest BCUT2D eigenvalue weighted by molar-refractivity contribution is 9.10. The maximum Gasteiger partial charge on any atom is 0.337 e. The van der Waals surface area contributed by atoms with E-state index in [0.29, 0.717) is 10.2 Å². The second-order valence-corrected chi connectivity index (χ2v) is 4.74. The van der Waals surface area contributed by atoms with E-state index in [2.05, 4.69) is 21.2 Å². The number of aromatic carboxylic acids is 1. The van der Waals surface area contributed by atoms with E-state index in [1.807, 2.05) is 0 Å². The zero-order valence-corrected chi connectivity index (χ0v) is 11.2. The van der Waals surface area contributed by atoms with E-state index in [4.69, 9.17) is 10.8 Å². The number of nitrogen functional groups attached to an aromatic ring is 1. The lowest BCUT2D eigenvalue weighted by Gasteiger charge is -2.12. The van der Waals surface area contributed by atoms with Gasteiger partial charge in [-0.25, -0.2) is 9.18 Å². The summed E-state index contributed by atoms with van der Waals surface area (Å²) in [6.45, 7) is 0. The number of anilines is 3. The second-order valence-electron chi connectivity index (χ2n) is 3.82. The molecule has 0 aliphatic rings. The van der Waals surface area contributed by atoms with Crippen LogP contribution in [0, 0.1) is 5.82 Å². The average Bonchev–Trinajstić information content (AvgIpc) is 2.34. The van der Waals surface area contributed by atoms with E-state index in [1.165, 1.54) is 18.2 Å². The van der Waals surface area contributed by atoms with Crippen molar-refractivity contribution in [1.82, 2.24) is 0 Å². The number of nitrogens with one attached hydrogen (secondary N) is 1. The number of hydrogen-bond acceptors (Lipinski definition) is 3. The van der Waals surface area contributed by atoms with Gasteiger partial charge in [-0.05, 0) is 30.3 Å². The molecule has 4 nitrogen and oxygen atoms in total. The third kappa shape index (κ3) is 2.85. The van der Waals surface area contributed by atoms with Crippen LogP contribution < -0.4 is 11.1 Å². The first-order valence-corrected chi connectivity index (χ1v) is 6.12. The monoisotopic (exact) mass is 324 g/mol. The van der Waals surface area contributed by atoms with Crippen LogP contribution in [0.2, 0.25) is 0 Å². The molecule has 0 fully saturated rings. The molecule has 0 aliphatic carbocycles. The van der Waals surface area contributed by atoms with Gasteiger partial charge in [0, 0.05) is 4.47 Å². The molecule has 0 saturated heterocycles. The molecule has 4 N–H and O–H groups in total. The van der Waals surface area contributed by atoms with Crippen molar-refractivity contribution >= 4 is 39.0 Å². The van der Waals surface area contributed by atoms with E-state index < -0.39 is 11.8 Å². The Balaban J connectivity index is 2.38. The molecule has 19 heavy (non-hydrogen) atoms. The molecule has 2 aromatic carbocycles. The number of nitrogens with two attached hydrogens (primary N) is 1. The fourth-order valence-electron chi connectivity index (χ4n) is 1.60. The van der Waals surface area contributed by atoms with Crippen molar-refractivity contribution in [3.63, 3.8) is 0 Å². The Hall–Kier alpha value is -2.08. The van der Waals surface area contributed by atoms with Crippen LogP contribution in [0.15, 0.2) is 40.9 Å². The van der Waals surface area contributed by atoms with Crippen LogP contribution in [-0.2, 0) is 0 Å². The Bertz CT molecular complexity index is 647. The minimum atomic E-state index is -1.13. The highest BCUT2D eigenvalue weighted by Crippen LogP contribution is 2.28. The van der Waals surface area contributed by atoms with Crippen molar-refractivity contribution in [3.05, 3.63) is 52.3 Å². The van der Waals surface area contributed by atoms with Crippen LogP contribution in [0.5, 0.6) is 0 Å². The first-order valence-electron chi connectivity index (χ1n) is 5.33. The molecule has 0 unspecified atom stereocenters. The summed E-state index contributed by atoms with van der Waals surface area (Å²) in [5, 5.41) is 11.7. The van der Waals surface area contributed by atoms with Gasteiger partial charge in [-0.2, -0.15) is 0 Å². The van der Waals surface area contributed by atoms with Gasteiger partial charge in [0.25, 0.3) is 0 Å². The normalized spacial score (nSPS) is 10.2. The number of carbonyl (C=O) groups is 1.